The molecule has 2 N–H and O–H groups in total. The maximum absolute atomic E-state index is 12.2. The highest BCUT2D eigenvalue weighted by Crippen LogP contribution is 2.31. The van der Waals surface area contributed by atoms with Gasteiger partial charge in [0, 0.05) is 18.7 Å². The maximum Gasteiger partial charge on any atom is 0.270 e. The fourth-order valence-electron chi connectivity index (χ4n) is 2.43. The van der Waals surface area contributed by atoms with Gasteiger partial charge in [0.05, 0.1) is 5.60 Å². The summed E-state index contributed by atoms with van der Waals surface area (Å²) in [6.07, 6.45) is 6.28. The first-order chi connectivity index (χ1) is 9.90. The number of carbonyl (C=O) groups excluding carboxylic acids is 1. The van der Waals surface area contributed by atoms with Gasteiger partial charge in [-0.05, 0) is 31.7 Å². The van der Waals surface area contributed by atoms with E-state index in [1.165, 1.54) is 12.8 Å². The molecule has 1 aliphatic rings. The average Bonchev–Trinajstić information content (AvgIpc) is 2.99. The molecule has 21 heavy (non-hydrogen) atoms. The summed E-state index contributed by atoms with van der Waals surface area (Å²) in [4.78, 5) is 20.9. The van der Waals surface area contributed by atoms with Crippen molar-refractivity contribution in [2.75, 3.05) is 6.54 Å². The molecule has 0 radical (unpaired) electrons. The predicted molar refractivity (Wildman–Crippen MR) is 81.0 cm³/mol. The summed E-state index contributed by atoms with van der Waals surface area (Å²) in [5.41, 5.74) is -0.539. The van der Waals surface area contributed by atoms with Gasteiger partial charge in [0.2, 0.25) is 0 Å². The third kappa shape index (κ3) is 4.00. The van der Waals surface area contributed by atoms with E-state index in [0.717, 1.165) is 18.7 Å². The first-order valence-electron chi connectivity index (χ1n) is 7.73. The van der Waals surface area contributed by atoms with E-state index in [1.807, 2.05) is 13.8 Å². The SMILES string of the molecule is CC(C)C(C)(O)CNC(=O)c1ccnc(C2CCCC2)n1. The highest BCUT2D eigenvalue weighted by molar-refractivity contribution is 5.92. The van der Waals surface area contributed by atoms with Gasteiger partial charge < -0.3 is 10.4 Å². The average molecular weight is 291 g/mol. The molecule has 1 unspecified atom stereocenters. The van der Waals surface area contributed by atoms with E-state index in [1.54, 1.807) is 19.2 Å². The number of aromatic nitrogens is 2. The minimum Gasteiger partial charge on any atom is -0.388 e. The van der Waals surface area contributed by atoms with E-state index in [4.69, 9.17) is 0 Å². The lowest BCUT2D eigenvalue weighted by Crippen LogP contribution is -2.44. The Kier molecular flexibility index (Phi) is 4.93. The molecule has 1 heterocycles. The number of carbonyl (C=O) groups is 1. The summed E-state index contributed by atoms with van der Waals surface area (Å²) in [5.74, 6) is 0.974. The largest absolute Gasteiger partial charge is 0.388 e. The summed E-state index contributed by atoms with van der Waals surface area (Å²) < 4.78 is 0. The standard InChI is InChI=1S/C16H25N3O2/c1-11(2)16(3,21)10-18-15(20)13-8-9-17-14(19-13)12-6-4-5-7-12/h8-9,11-12,21H,4-7,10H2,1-3H3,(H,18,20). The van der Waals surface area contributed by atoms with Crippen LogP contribution in [0.4, 0.5) is 0 Å². The minimum absolute atomic E-state index is 0.0669. The second kappa shape index (κ2) is 6.52. The normalized spacial score (nSPS) is 18.7. The van der Waals surface area contributed by atoms with Crippen LogP contribution in [0.25, 0.3) is 0 Å². The van der Waals surface area contributed by atoms with E-state index < -0.39 is 5.60 Å². The van der Waals surface area contributed by atoms with E-state index >= 15 is 0 Å². The van der Waals surface area contributed by atoms with Gasteiger partial charge in [-0.3, -0.25) is 4.79 Å². The Morgan fingerprint density at radius 2 is 2.14 bits per heavy atom. The van der Waals surface area contributed by atoms with Crippen molar-refractivity contribution in [3.63, 3.8) is 0 Å². The number of nitrogens with one attached hydrogen (secondary N) is 1. The summed E-state index contributed by atoms with van der Waals surface area (Å²) >= 11 is 0. The van der Waals surface area contributed by atoms with E-state index in [2.05, 4.69) is 15.3 Å². The van der Waals surface area contributed by atoms with Crippen LogP contribution in [0.2, 0.25) is 0 Å². The molecular formula is C16H25N3O2. The first kappa shape index (κ1) is 15.9. The van der Waals surface area contributed by atoms with E-state index in [0.29, 0.717) is 11.6 Å². The predicted octanol–water partition coefficient (Wildman–Crippen LogP) is 2.27. The molecule has 2 rings (SSSR count). The number of amides is 1. The smallest absolute Gasteiger partial charge is 0.270 e. The van der Waals surface area contributed by atoms with E-state index in [9.17, 15) is 9.90 Å². The van der Waals surface area contributed by atoms with Crippen LogP contribution in [-0.4, -0.2) is 33.1 Å². The highest BCUT2D eigenvalue weighted by atomic mass is 16.3. The molecule has 1 amide bonds. The molecule has 0 aromatic carbocycles. The van der Waals surface area contributed by atoms with Gasteiger partial charge in [-0.15, -0.1) is 0 Å². The van der Waals surface area contributed by atoms with Crippen molar-refractivity contribution in [3.8, 4) is 0 Å². The van der Waals surface area contributed by atoms with Gasteiger partial charge in [0.15, 0.2) is 0 Å². The first-order valence-corrected chi connectivity index (χ1v) is 7.73. The van der Waals surface area contributed by atoms with Crippen molar-refractivity contribution >= 4 is 5.91 Å². The zero-order valence-corrected chi connectivity index (χ0v) is 13.1. The van der Waals surface area contributed by atoms with Gasteiger partial charge in [-0.1, -0.05) is 26.7 Å². The molecule has 1 aromatic rings. The summed E-state index contributed by atoms with van der Waals surface area (Å²) in [5, 5.41) is 12.9. The van der Waals surface area contributed by atoms with Gasteiger partial charge in [0.1, 0.15) is 11.5 Å². The topological polar surface area (TPSA) is 75.1 Å². The quantitative estimate of drug-likeness (QED) is 0.872. The number of hydrogen-bond donors (Lipinski definition) is 2. The summed E-state index contributed by atoms with van der Waals surface area (Å²) in [6, 6.07) is 1.62. The highest BCUT2D eigenvalue weighted by Gasteiger charge is 2.26. The van der Waals surface area contributed by atoms with Gasteiger partial charge >= 0.3 is 0 Å². The second-order valence-corrected chi connectivity index (χ2v) is 6.48. The molecule has 1 aliphatic carbocycles. The van der Waals surface area contributed by atoms with Crippen molar-refractivity contribution in [3.05, 3.63) is 23.8 Å². The summed E-state index contributed by atoms with van der Waals surface area (Å²) in [7, 11) is 0. The van der Waals surface area contributed by atoms with Crippen molar-refractivity contribution in [2.45, 2.75) is 58.0 Å². The van der Waals surface area contributed by atoms with Gasteiger partial charge in [0.25, 0.3) is 5.91 Å². The molecule has 5 heteroatoms. The number of rotatable bonds is 5. The Bertz CT molecular complexity index is 494. The number of nitrogens with zero attached hydrogens (tertiary/aromatic N) is 2. The molecule has 0 spiro atoms. The van der Waals surface area contributed by atoms with Crippen LogP contribution in [0.15, 0.2) is 12.3 Å². The van der Waals surface area contributed by atoms with Crippen molar-refractivity contribution in [2.24, 2.45) is 5.92 Å². The molecular weight excluding hydrogens is 266 g/mol. The number of aliphatic hydroxyl groups is 1. The van der Waals surface area contributed by atoms with Crippen molar-refractivity contribution in [1.82, 2.24) is 15.3 Å². The third-order valence-electron chi connectivity index (χ3n) is 4.48. The molecule has 5 nitrogen and oxygen atoms in total. The molecule has 0 aliphatic heterocycles. The summed E-state index contributed by atoms with van der Waals surface area (Å²) in [6.45, 7) is 5.79. The Balaban J connectivity index is 2.01. The van der Waals surface area contributed by atoms with Gasteiger partial charge in [-0.25, -0.2) is 9.97 Å². The fourth-order valence-corrected chi connectivity index (χ4v) is 2.43. The van der Waals surface area contributed by atoms with Crippen LogP contribution < -0.4 is 5.32 Å². The Morgan fingerprint density at radius 1 is 1.48 bits per heavy atom. The van der Waals surface area contributed by atoms with Crippen LogP contribution in [-0.2, 0) is 0 Å². The molecule has 1 fully saturated rings. The second-order valence-electron chi connectivity index (χ2n) is 6.48. The fraction of sp³-hybridized carbons (Fsp3) is 0.688. The van der Waals surface area contributed by atoms with Crippen LogP contribution in [0.3, 0.4) is 0 Å². The Hall–Kier alpha value is -1.49. The molecule has 1 atom stereocenters. The van der Waals surface area contributed by atoms with Crippen LogP contribution in [0.1, 0.15) is 68.7 Å². The lowest BCUT2D eigenvalue weighted by molar-refractivity contribution is 0.0142. The van der Waals surface area contributed by atoms with Crippen molar-refractivity contribution < 1.29 is 9.90 Å². The zero-order valence-electron chi connectivity index (χ0n) is 13.1. The molecule has 0 saturated heterocycles. The molecule has 1 saturated carbocycles. The lowest BCUT2D eigenvalue weighted by Gasteiger charge is -2.27. The van der Waals surface area contributed by atoms with Crippen LogP contribution >= 0.6 is 0 Å². The van der Waals surface area contributed by atoms with Gasteiger partial charge in [-0.2, -0.15) is 0 Å². The Labute approximate surface area is 126 Å². The molecule has 0 bridgehead atoms. The van der Waals surface area contributed by atoms with Crippen LogP contribution in [0.5, 0.6) is 0 Å². The monoisotopic (exact) mass is 291 g/mol. The lowest BCUT2D eigenvalue weighted by atomic mass is 9.92. The van der Waals surface area contributed by atoms with Crippen molar-refractivity contribution in [1.29, 1.82) is 0 Å². The molecule has 1 aromatic heterocycles. The van der Waals surface area contributed by atoms with E-state index in [-0.39, 0.29) is 18.4 Å². The number of hydrogen-bond acceptors (Lipinski definition) is 4. The Morgan fingerprint density at radius 3 is 2.76 bits per heavy atom. The molecule has 116 valence electrons. The minimum atomic E-state index is -0.920. The van der Waals surface area contributed by atoms with Crippen LogP contribution in [0, 0.1) is 5.92 Å². The third-order valence-corrected chi connectivity index (χ3v) is 4.48. The zero-order chi connectivity index (χ0) is 15.5. The maximum atomic E-state index is 12.2.